The Hall–Kier alpha value is -0.580. The first-order chi connectivity index (χ1) is 8.95. The van der Waals surface area contributed by atoms with E-state index >= 15 is 0 Å². The van der Waals surface area contributed by atoms with Crippen LogP contribution in [0.25, 0.3) is 0 Å². The van der Waals surface area contributed by atoms with Crippen molar-refractivity contribution in [3.8, 4) is 0 Å². The van der Waals surface area contributed by atoms with Crippen LogP contribution >= 0.6 is 11.6 Å². The summed E-state index contributed by atoms with van der Waals surface area (Å²) in [5.74, 6) is 0.627. The maximum absolute atomic E-state index is 6.25. The van der Waals surface area contributed by atoms with E-state index in [1.165, 1.54) is 0 Å². The molecule has 0 aromatic carbocycles. The maximum Gasteiger partial charge on any atom is 0.0817 e. The molecule has 0 radical (unpaired) electrons. The zero-order chi connectivity index (χ0) is 14.4. The number of rotatable bonds is 8. The van der Waals surface area contributed by atoms with Crippen LogP contribution in [0.15, 0.2) is 6.20 Å². The summed E-state index contributed by atoms with van der Waals surface area (Å²) in [4.78, 5) is 2.16. The molecule has 0 spiro atoms. The summed E-state index contributed by atoms with van der Waals surface area (Å²) in [6, 6.07) is 0.522. The number of nitrogens with one attached hydrogen (secondary N) is 1. The van der Waals surface area contributed by atoms with Gasteiger partial charge in [0.1, 0.15) is 0 Å². The minimum Gasteiger partial charge on any atom is -0.317 e. The molecule has 1 N–H and O–H groups in total. The summed E-state index contributed by atoms with van der Waals surface area (Å²) in [5, 5.41) is 8.54. The fourth-order valence-corrected chi connectivity index (χ4v) is 2.46. The van der Waals surface area contributed by atoms with Gasteiger partial charge in [0.05, 0.1) is 23.5 Å². The third-order valence-electron chi connectivity index (χ3n) is 3.52. The Balaban J connectivity index is 2.63. The van der Waals surface area contributed by atoms with Gasteiger partial charge < -0.3 is 10.2 Å². The molecule has 0 aliphatic rings. The zero-order valence-corrected chi connectivity index (χ0v) is 13.5. The van der Waals surface area contributed by atoms with Crippen molar-refractivity contribution in [1.82, 2.24) is 20.0 Å². The Labute approximate surface area is 122 Å². The lowest BCUT2D eigenvalue weighted by molar-refractivity contribution is 0.363. The summed E-state index contributed by atoms with van der Waals surface area (Å²) in [7, 11) is 6.16. The Morgan fingerprint density at radius 1 is 1.42 bits per heavy atom. The van der Waals surface area contributed by atoms with Crippen molar-refractivity contribution < 1.29 is 0 Å². The molecular formula is C14H27ClN4. The number of hydrogen-bond donors (Lipinski definition) is 1. The minimum atomic E-state index is 0.522. The van der Waals surface area contributed by atoms with Gasteiger partial charge in [0.25, 0.3) is 0 Å². The number of nitrogens with zero attached hydrogens (tertiary/aromatic N) is 3. The topological polar surface area (TPSA) is 33.1 Å². The normalized spacial score (nSPS) is 13.5. The lowest BCUT2D eigenvalue weighted by atomic mass is 9.98. The first kappa shape index (κ1) is 16.5. The van der Waals surface area contributed by atoms with Crippen LogP contribution in [0, 0.1) is 5.92 Å². The Bertz CT molecular complexity index is 374. The molecule has 19 heavy (non-hydrogen) atoms. The predicted molar refractivity (Wildman–Crippen MR) is 81.8 cm³/mol. The first-order valence-electron chi connectivity index (χ1n) is 6.97. The summed E-state index contributed by atoms with van der Waals surface area (Å²) < 4.78 is 2.04. The molecule has 1 atom stereocenters. The molecule has 0 fully saturated rings. The Kier molecular flexibility index (Phi) is 6.83. The number of hydrogen-bond acceptors (Lipinski definition) is 3. The molecule has 1 aromatic rings. The van der Waals surface area contributed by atoms with Crippen LogP contribution in [0.1, 0.15) is 26.0 Å². The van der Waals surface area contributed by atoms with Gasteiger partial charge in [0.15, 0.2) is 0 Å². The van der Waals surface area contributed by atoms with Crippen molar-refractivity contribution >= 4 is 11.6 Å². The average molecular weight is 287 g/mol. The van der Waals surface area contributed by atoms with Crippen molar-refractivity contribution in [2.24, 2.45) is 5.92 Å². The van der Waals surface area contributed by atoms with E-state index < -0.39 is 0 Å². The van der Waals surface area contributed by atoms with Crippen molar-refractivity contribution in [3.63, 3.8) is 0 Å². The molecule has 1 rings (SSSR count). The number of aromatic nitrogens is 2. The second kappa shape index (κ2) is 7.88. The van der Waals surface area contributed by atoms with Gasteiger partial charge in [-0.25, -0.2) is 0 Å². The largest absolute Gasteiger partial charge is 0.317 e. The summed E-state index contributed by atoms with van der Waals surface area (Å²) in [6.45, 7) is 6.35. The molecule has 1 unspecified atom stereocenters. The second-order valence-corrected chi connectivity index (χ2v) is 6.05. The lowest BCUT2D eigenvalue weighted by Gasteiger charge is -2.20. The monoisotopic (exact) mass is 286 g/mol. The molecule has 0 saturated heterocycles. The zero-order valence-electron chi connectivity index (χ0n) is 12.8. The molecule has 0 amide bonds. The van der Waals surface area contributed by atoms with Gasteiger partial charge in [0.2, 0.25) is 0 Å². The fraction of sp³-hybridized carbons (Fsp3) is 0.786. The molecule has 5 heteroatoms. The first-order valence-corrected chi connectivity index (χ1v) is 7.35. The fourth-order valence-electron chi connectivity index (χ4n) is 2.23. The molecule has 1 aromatic heterocycles. The smallest absolute Gasteiger partial charge is 0.0817 e. The Morgan fingerprint density at radius 3 is 2.63 bits per heavy atom. The second-order valence-electron chi connectivity index (χ2n) is 5.64. The van der Waals surface area contributed by atoms with E-state index in [0.717, 1.165) is 36.6 Å². The molecule has 1 heterocycles. The van der Waals surface area contributed by atoms with Crippen LogP contribution in [0.3, 0.4) is 0 Å². The highest BCUT2D eigenvalue weighted by molar-refractivity contribution is 6.31. The van der Waals surface area contributed by atoms with Gasteiger partial charge in [-0.15, -0.1) is 0 Å². The quantitative estimate of drug-likeness (QED) is 0.796. The predicted octanol–water partition coefficient (Wildman–Crippen LogP) is 2.27. The van der Waals surface area contributed by atoms with Crippen LogP contribution in [-0.2, 0) is 13.0 Å². The van der Waals surface area contributed by atoms with Crippen LogP contribution < -0.4 is 5.32 Å². The molecule has 4 nitrogen and oxygen atoms in total. The summed E-state index contributed by atoms with van der Waals surface area (Å²) in [6.07, 6.45) is 3.81. The SMILES string of the molecule is CNC(CCc1c(Cl)cnn1CCN(C)C)C(C)C. The van der Waals surface area contributed by atoms with E-state index in [1.54, 1.807) is 6.20 Å². The van der Waals surface area contributed by atoms with Crippen LogP contribution in [0.4, 0.5) is 0 Å². The van der Waals surface area contributed by atoms with E-state index in [2.05, 4.69) is 43.3 Å². The highest BCUT2D eigenvalue weighted by atomic mass is 35.5. The average Bonchev–Trinajstić information content (AvgIpc) is 2.68. The molecule has 110 valence electrons. The van der Waals surface area contributed by atoms with Crippen molar-refractivity contribution in [3.05, 3.63) is 16.9 Å². The van der Waals surface area contributed by atoms with Crippen LogP contribution in [0.2, 0.25) is 5.02 Å². The van der Waals surface area contributed by atoms with E-state index in [9.17, 15) is 0 Å². The van der Waals surface area contributed by atoms with E-state index in [0.29, 0.717) is 12.0 Å². The van der Waals surface area contributed by atoms with Gasteiger partial charge in [-0.1, -0.05) is 25.4 Å². The van der Waals surface area contributed by atoms with Gasteiger partial charge in [-0.3, -0.25) is 4.68 Å². The number of halogens is 1. The molecule has 0 aliphatic heterocycles. The van der Waals surface area contributed by atoms with E-state index in [1.807, 2.05) is 11.7 Å². The van der Waals surface area contributed by atoms with Crippen molar-refractivity contribution in [2.45, 2.75) is 39.3 Å². The van der Waals surface area contributed by atoms with Crippen LogP contribution in [0.5, 0.6) is 0 Å². The van der Waals surface area contributed by atoms with E-state index in [4.69, 9.17) is 11.6 Å². The third kappa shape index (κ3) is 5.13. The van der Waals surface area contributed by atoms with Crippen LogP contribution in [-0.4, -0.2) is 48.4 Å². The van der Waals surface area contributed by atoms with Gasteiger partial charge >= 0.3 is 0 Å². The Morgan fingerprint density at radius 2 is 2.11 bits per heavy atom. The van der Waals surface area contributed by atoms with Crippen molar-refractivity contribution in [2.75, 3.05) is 27.7 Å². The highest BCUT2D eigenvalue weighted by Crippen LogP contribution is 2.19. The molecule has 0 aliphatic carbocycles. The summed E-state index contributed by atoms with van der Waals surface area (Å²) in [5.41, 5.74) is 1.16. The van der Waals surface area contributed by atoms with Crippen molar-refractivity contribution in [1.29, 1.82) is 0 Å². The number of likely N-dealkylation sites (N-methyl/N-ethyl adjacent to an activating group) is 1. The van der Waals surface area contributed by atoms with Gasteiger partial charge in [-0.05, 0) is 39.9 Å². The molecular weight excluding hydrogens is 260 g/mol. The maximum atomic E-state index is 6.25. The van der Waals surface area contributed by atoms with Gasteiger partial charge in [-0.2, -0.15) is 5.10 Å². The third-order valence-corrected chi connectivity index (χ3v) is 3.84. The van der Waals surface area contributed by atoms with Gasteiger partial charge in [0, 0.05) is 12.6 Å². The molecule has 0 bridgehead atoms. The standard InChI is InChI=1S/C14H27ClN4/c1-11(2)13(16-3)6-7-14-12(15)10-17-19(14)9-8-18(4)5/h10-11,13,16H,6-9H2,1-5H3. The van der Waals surface area contributed by atoms with E-state index in [-0.39, 0.29) is 0 Å². The lowest BCUT2D eigenvalue weighted by Crippen LogP contribution is -2.31. The molecule has 0 saturated carbocycles. The minimum absolute atomic E-state index is 0.522. The highest BCUT2D eigenvalue weighted by Gasteiger charge is 2.14. The summed E-state index contributed by atoms with van der Waals surface area (Å²) >= 11 is 6.25.